The van der Waals surface area contributed by atoms with Gasteiger partial charge in [0.1, 0.15) is 4.90 Å². The Morgan fingerprint density at radius 3 is 2.22 bits per heavy atom. The number of nitrogens with one attached hydrogen (secondary N) is 2. The molecule has 1 aromatic carbocycles. The Morgan fingerprint density at radius 1 is 1.04 bits per heavy atom. The number of rotatable bonds is 10. The van der Waals surface area contributed by atoms with Crippen molar-refractivity contribution in [3.05, 3.63) is 17.2 Å². The molecule has 23 heavy (non-hydrogen) atoms. The van der Waals surface area contributed by atoms with Gasteiger partial charge >= 0.3 is 0 Å². The number of benzene rings is 1. The zero-order valence-corrected chi connectivity index (χ0v) is 15.6. The van der Waals surface area contributed by atoms with Crippen molar-refractivity contribution in [1.82, 2.24) is 10.0 Å². The fourth-order valence-corrected chi connectivity index (χ4v) is 3.25. The standard InChI is InChI=1S/C13H21ClN2O5S.ClH/c1-19-7-6-15-4-5-16-22(17,18)13-9-12(21-3)11(20-2)8-10(13)14;/h8-9,15-16H,4-7H2,1-3H3;1H. The van der Waals surface area contributed by atoms with Crippen LogP contribution in [0.4, 0.5) is 0 Å². The quantitative estimate of drug-likeness (QED) is 0.587. The van der Waals surface area contributed by atoms with Crippen LogP contribution in [0.15, 0.2) is 17.0 Å². The molecule has 0 atom stereocenters. The molecule has 134 valence electrons. The Hall–Kier alpha value is -0.770. The fourth-order valence-electron chi connectivity index (χ4n) is 1.69. The highest BCUT2D eigenvalue weighted by Gasteiger charge is 2.21. The summed E-state index contributed by atoms with van der Waals surface area (Å²) in [7, 11) is 0.747. The van der Waals surface area contributed by atoms with Gasteiger partial charge in [0.2, 0.25) is 10.0 Å². The molecule has 0 bridgehead atoms. The van der Waals surface area contributed by atoms with Gasteiger partial charge in [-0.1, -0.05) is 11.6 Å². The molecular formula is C13H22Cl2N2O5S. The maximum atomic E-state index is 12.3. The van der Waals surface area contributed by atoms with Crippen molar-refractivity contribution in [2.75, 3.05) is 47.6 Å². The van der Waals surface area contributed by atoms with Crippen molar-refractivity contribution in [1.29, 1.82) is 0 Å². The van der Waals surface area contributed by atoms with Crippen LogP contribution in [0.1, 0.15) is 0 Å². The monoisotopic (exact) mass is 388 g/mol. The Morgan fingerprint density at radius 2 is 1.65 bits per heavy atom. The molecule has 0 radical (unpaired) electrons. The minimum atomic E-state index is -3.73. The zero-order valence-electron chi connectivity index (χ0n) is 13.2. The van der Waals surface area contributed by atoms with Gasteiger partial charge in [-0.3, -0.25) is 0 Å². The highest BCUT2D eigenvalue weighted by Crippen LogP contribution is 2.35. The molecule has 7 nitrogen and oxygen atoms in total. The van der Waals surface area contributed by atoms with Crippen LogP contribution in [0.3, 0.4) is 0 Å². The molecule has 0 aromatic heterocycles. The summed E-state index contributed by atoms with van der Waals surface area (Å²) >= 11 is 6.02. The molecule has 0 aliphatic rings. The van der Waals surface area contributed by atoms with Gasteiger partial charge in [0.05, 0.1) is 25.8 Å². The van der Waals surface area contributed by atoms with Gasteiger partial charge in [-0.05, 0) is 0 Å². The van der Waals surface area contributed by atoms with Crippen molar-refractivity contribution in [2.45, 2.75) is 4.90 Å². The third kappa shape index (κ3) is 6.70. The van der Waals surface area contributed by atoms with Crippen LogP contribution in [-0.4, -0.2) is 56.0 Å². The lowest BCUT2D eigenvalue weighted by molar-refractivity contribution is 0.199. The summed E-state index contributed by atoms with van der Waals surface area (Å²) in [5.74, 6) is 0.665. The Balaban J connectivity index is 0.00000484. The molecule has 0 aliphatic carbocycles. The molecule has 0 aliphatic heterocycles. The summed E-state index contributed by atoms with van der Waals surface area (Å²) in [6.45, 7) is 1.92. The third-order valence-corrected chi connectivity index (χ3v) is 4.73. The van der Waals surface area contributed by atoms with E-state index in [0.717, 1.165) is 0 Å². The summed E-state index contributed by atoms with van der Waals surface area (Å²) in [5, 5.41) is 3.10. The van der Waals surface area contributed by atoms with E-state index in [4.69, 9.17) is 25.8 Å². The molecular weight excluding hydrogens is 367 g/mol. The first kappa shape index (κ1) is 22.2. The minimum absolute atomic E-state index is 0. The van der Waals surface area contributed by atoms with E-state index in [9.17, 15) is 8.42 Å². The van der Waals surface area contributed by atoms with Gasteiger partial charge in [-0.15, -0.1) is 12.4 Å². The topological polar surface area (TPSA) is 85.9 Å². The summed E-state index contributed by atoms with van der Waals surface area (Å²) < 4.78 is 42.0. The molecule has 0 saturated carbocycles. The number of methoxy groups -OCH3 is 3. The van der Waals surface area contributed by atoms with E-state index in [-0.39, 0.29) is 28.9 Å². The Bertz CT molecular complexity index is 584. The maximum Gasteiger partial charge on any atom is 0.242 e. The van der Waals surface area contributed by atoms with Crippen molar-refractivity contribution < 1.29 is 22.6 Å². The largest absolute Gasteiger partial charge is 0.493 e. The van der Waals surface area contributed by atoms with E-state index in [1.165, 1.54) is 26.4 Å². The van der Waals surface area contributed by atoms with E-state index in [0.29, 0.717) is 31.2 Å². The van der Waals surface area contributed by atoms with Crippen molar-refractivity contribution in [2.24, 2.45) is 0 Å². The molecule has 2 N–H and O–H groups in total. The molecule has 0 heterocycles. The molecule has 1 rings (SSSR count). The van der Waals surface area contributed by atoms with Crippen LogP contribution < -0.4 is 19.5 Å². The lowest BCUT2D eigenvalue weighted by Crippen LogP contribution is -2.33. The normalized spacial score (nSPS) is 11.0. The predicted molar refractivity (Wildman–Crippen MR) is 91.7 cm³/mol. The fraction of sp³-hybridized carbons (Fsp3) is 0.538. The minimum Gasteiger partial charge on any atom is -0.493 e. The average Bonchev–Trinajstić information content (AvgIpc) is 2.50. The van der Waals surface area contributed by atoms with E-state index in [2.05, 4.69) is 10.0 Å². The lowest BCUT2D eigenvalue weighted by atomic mass is 10.3. The summed E-state index contributed by atoms with van der Waals surface area (Å²) in [6.07, 6.45) is 0. The molecule has 0 spiro atoms. The van der Waals surface area contributed by atoms with Crippen LogP contribution in [-0.2, 0) is 14.8 Å². The van der Waals surface area contributed by atoms with Gasteiger partial charge in [-0.2, -0.15) is 0 Å². The van der Waals surface area contributed by atoms with Crippen LogP contribution in [0.25, 0.3) is 0 Å². The SMILES string of the molecule is COCCNCCNS(=O)(=O)c1cc(OC)c(OC)cc1Cl.Cl. The van der Waals surface area contributed by atoms with Gasteiger partial charge < -0.3 is 19.5 Å². The Labute approximate surface area is 148 Å². The molecule has 0 saturated heterocycles. The zero-order chi connectivity index (χ0) is 16.6. The van der Waals surface area contributed by atoms with Crippen LogP contribution >= 0.6 is 24.0 Å². The molecule has 0 unspecified atom stereocenters. The number of sulfonamides is 1. The second kappa shape index (κ2) is 10.9. The smallest absolute Gasteiger partial charge is 0.242 e. The number of hydrogen-bond acceptors (Lipinski definition) is 6. The summed E-state index contributed by atoms with van der Waals surface area (Å²) in [6, 6.07) is 2.74. The van der Waals surface area contributed by atoms with Crippen molar-refractivity contribution in [3.63, 3.8) is 0 Å². The first-order valence-corrected chi connectivity index (χ1v) is 8.43. The van der Waals surface area contributed by atoms with E-state index >= 15 is 0 Å². The van der Waals surface area contributed by atoms with Gasteiger partial charge in [-0.25, -0.2) is 13.1 Å². The Kier molecular flexibility index (Phi) is 10.5. The van der Waals surface area contributed by atoms with Crippen molar-refractivity contribution in [3.8, 4) is 11.5 Å². The molecule has 0 fully saturated rings. The summed E-state index contributed by atoms with van der Waals surface area (Å²) in [5.41, 5.74) is 0. The molecule has 10 heteroatoms. The summed E-state index contributed by atoms with van der Waals surface area (Å²) in [4.78, 5) is -0.0521. The number of ether oxygens (including phenoxy) is 3. The van der Waals surface area contributed by atoms with Crippen LogP contribution in [0.2, 0.25) is 5.02 Å². The van der Waals surface area contributed by atoms with Crippen LogP contribution in [0, 0.1) is 0 Å². The average molecular weight is 389 g/mol. The van der Waals surface area contributed by atoms with Gasteiger partial charge in [0, 0.05) is 38.9 Å². The lowest BCUT2D eigenvalue weighted by Gasteiger charge is -2.13. The third-order valence-electron chi connectivity index (χ3n) is 2.80. The number of halogens is 2. The van der Waals surface area contributed by atoms with Gasteiger partial charge in [0.15, 0.2) is 11.5 Å². The molecule has 0 amide bonds. The van der Waals surface area contributed by atoms with E-state index in [1.807, 2.05) is 0 Å². The first-order valence-electron chi connectivity index (χ1n) is 6.57. The highest BCUT2D eigenvalue weighted by atomic mass is 35.5. The predicted octanol–water partition coefficient (Wildman–Crippen LogP) is 1.29. The second-order valence-corrected chi connectivity index (χ2v) is 6.42. The molecule has 1 aromatic rings. The van der Waals surface area contributed by atoms with E-state index in [1.54, 1.807) is 7.11 Å². The van der Waals surface area contributed by atoms with Crippen LogP contribution in [0.5, 0.6) is 11.5 Å². The van der Waals surface area contributed by atoms with Gasteiger partial charge in [0.25, 0.3) is 0 Å². The first-order chi connectivity index (χ1) is 10.5. The van der Waals surface area contributed by atoms with E-state index < -0.39 is 10.0 Å². The second-order valence-electron chi connectivity index (χ2n) is 4.28. The highest BCUT2D eigenvalue weighted by molar-refractivity contribution is 7.89. The maximum absolute atomic E-state index is 12.3. The van der Waals surface area contributed by atoms with Crippen molar-refractivity contribution >= 4 is 34.0 Å². The number of hydrogen-bond donors (Lipinski definition) is 2.